The van der Waals surface area contributed by atoms with Crippen LogP contribution >= 0.6 is 0 Å². The van der Waals surface area contributed by atoms with E-state index >= 15 is 0 Å². The molecule has 17 heavy (non-hydrogen) atoms. The zero-order valence-corrected chi connectivity index (χ0v) is 11.3. The van der Waals surface area contributed by atoms with Gasteiger partial charge in [0.25, 0.3) is 0 Å². The predicted molar refractivity (Wildman–Crippen MR) is 69.3 cm³/mol. The van der Waals surface area contributed by atoms with Gasteiger partial charge in [-0.25, -0.2) is 0 Å². The summed E-state index contributed by atoms with van der Waals surface area (Å²) in [6.07, 6.45) is 3.84. The van der Waals surface area contributed by atoms with Crippen molar-refractivity contribution in [3.8, 4) is 0 Å². The van der Waals surface area contributed by atoms with Gasteiger partial charge >= 0.3 is 0 Å². The van der Waals surface area contributed by atoms with Crippen molar-refractivity contribution in [1.29, 1.82) is 0 Å². The Morgan fingerprint density at radius 3 is 2.65 bits per heavy atom. The van der Waals surface area contributed by atoms with Crippen LogP contribution < -0.4 is 0 Å². The lowest BCUT2D eigenvalue weighted by atomic mass is 10.0. The summed E-state index contributed by atoms with van der Waals surface area (Å²) < 4.78 is 7.52. The van der Waals surface area contributed by atoms with E-state index in [9.17, 15) is 4.79 Å². The van der Waals surface area contributed by atoms with Gasteiger partial charge in [0, 0.05) is 37.0 Å². The van der Waals surface area contributed by atoms with Crippen LogP contribution in [0.2, 0.25) is 0 Å². The third kappa shape index (κ3) is 4.73. The third-order valence-electron chi connectivity index (χ3n) is 2.50. The van der Waals surface area contributed by atoms with E-state index in [0.29, 0.717) is 12.5 Å². The minimum atomic E-state index is 0.0584. The Labute approximate surface area is 104 Å². The van der Waals surface area contributed by atoms with Crippen LogP contribution in [0.5, 0.6) is 0 Å². The molecule has 0 aliphatic carbocycles. The minimum Gasteiger partial charge on any atom is -0.379 e. The molecule has 0 aliphatic rings. The monoisotopic (exact) mass is 237 g/mol. The molecule has 1 rings (SSSR count). The van der Waals surface area contributed by atoms with E-state index in [4.69, 9.17) is 4.74 Å². The number of Topliss-reactive ketones (excluding diaryl/α,β-unsaturated/α-hetero) is 1. The van der Waals surface area contributed by atoms with Gasteiger partial charge < -0.3 is 9.30 Å². The Morgan fingerprint density at radius 2 is 2.06 bits per heavy atom. The third-order valence-corrected chi connectivity index (χ3v) is 2.50. The Balaban J connectivity index is 2.38. The summed E-state index contributed by atoms with van der Waals surface area (Å²) in [4.78, 5) is 11.7. The van der Waals surface area contributed by atoms with Crippen molar-refractivity contribution in [3.05, 3.63) is 24.0 Å². The highest BCUT2D eigenvalue weighted by Crippen LogP contribution is 2.09. The summed E-state index contributed by atoms with van der Waals surface area (Å²) in [5.74, 6) is 0.827. The standard InChI is InChI=1S/C14H23NO2/c1-11(2)10-17-8-7-15-6-5-13(9-15)14(16)12(3)4/h5-6,9,11-12H,7-8,10H2,1-4H3. The van der Waals surface area contributed by atoms with Crippen molar-refractivity contribution >= 4 is 5.78 Å². The minimum absolute atomic E-state index is 0.0584. The number of carbonyl (C=O) groups is 1. The number of hydrogen-bond donors (Lipinski definition) is 0. The zero-order chi connectivity index (χ0) is 12.8. The van der Waals surface area contributed by atoms with Crippen LogP contribution in [0.3, 0.4) is 0 Å². The molecular weight excluding hydrogens is 214 g/mol. The summed E-state index contributed by atoms with van der Waals surface area (Å²) in [6, 6.07) is 1.88. The molecule has 0 unspecified atom stereocenters. The van der Waals surface area contributed by atoms with E-state index in [2.05, 4.69) is 13.8 Å². The molecule has 0 saturated carbocycles. The molecule has 3 nitrogen and oxygen atoms in total. The van der Waals surface area contributed by atoms with Crippen LogP contribution in [0.15, 0.2) is 18.5 Å². The van der Waals surface area contributed by atoms with E-state index < -0.39 is 0 Å². The fraction of sp³-hybridized carbons (Fsp3) is 0.643. The Kier molecular flexibility index (Phi) is 5.42. The Bertz CT molecular complexity index is 353. The van der Waals surface area contributed by atoms with E-state index in [0.717, 1.165) is 18.7 Å². The van der Waals surface area contributed by atoms with Crippen LogP contribution in [0.4, 0.5) is 0 Å². The molecule has 0 saturated heterocycles. The summed E-state index contributed by atoms with van der Waals surface area (Å²) >= 11 is 0. The number of aromatic nitrogens is 1. The van der Waals surface area contributed by atoms with Crippen LogP contribution in [-0.4, -0.2) is 23.6 Å². The Hall–Kier alpha value is -1.09. The number of ether oxygens (including phenoxy) is 1. The molecule has 1 heterocycles. The molecule has 0 spiro atoms. The average molecular weight is 237 g/mol. The first-order valence-electron chi connectivity index (χ1n) is 6.28. The molecule has 0 atom stereocenters. The maximum Gasteiger partial charge on any atom is 0.166 e. The van der Waals surface area contributed by atoms with Crippen molar-refractivity contribution in [2.24, 2.45) is 11.8 Å². The van der Waals surface area contributed by atoms with Crippen molar-refractivity contribution in [2.45, 2.75) is 34.2 Å². The quantitative estimate of drug-likeness (QED) is 0.539. The van der Waals surface area contributed by atoms with Crippen LogP contribution in [0, 0.1) is 11.8 Å². The van der Waals surface area contributed by atoms with Gasteiger partial charge in [-0.15, -0.1) is 0 Å². The van der Waals surface area contributed by atoms with Crippen LogP contribution in [0.25, 0.3) is 0 Å². The molecule has 96 valence electrons. The highest BCUT2D eigenvalue weighted by molar-refractivity contribution is 5.97. The predicted octanol–water partition coefficient (Wildman–Crippen LogP) is 3.00. The molecule has 0 amide bonds. The Morgan fingerprint density at radius 1 is 1.35 bits per heavy atom. The lowest BCUT2D eigenvalue weighted by Gasteiger charge is -2.07. The first kappa shape index (κ1) is 14.0. The van der Waals surface area contributed by atoms with Crippen molar-refractivity contribution in [2.75, 3.05) is 13.2 Å². The second kappa shape index (κ2) is 6.60. The molecule has 1 aromatic heterocycles. The average Bonchev–Trinajstić information content (AvgIpc) is 2.71. The molecule has 0 fully saturated rings. The van der Waals surface area contributed by atoms with E-state index in [1.54, 1.807) is 0 Å². The largest absolute Gasteiger partial charge is 0.379 e. The van der Waals surface area contributed by atoms with Crippen LogP contribution in [0.1, 0.15) is 38.1 Å². The lowest BCUT2D eigenvalue weighted by molar-refractivity contribution is 0.0938. The first-order valence-corrected chi connectivity index (χ1v) is 6.28. The van der Waals surface area contributed by atoms with Gasteiger partial charge in [-0.1, -0.05) is 27.7 Å². The molecule has 0 bridgehead atoms. The number of carbonyl (C=O) groups excluding carboxylic acids is 1. The summed E-state index contributed by atoms with van der Waals surface area (Å²) in [7, 11) is 0. The summed E-state index contributed by atoms with van der Waals surface area (Å²) in [5, 5.41) is 0. The van der Waals surface area contributed by atoms with E-state index in [-0.39, 0.29) is 11.7 Å². The normalized spacial score (nSPS) is 11.4. The fourth-order valence-electron chi connectivity index (χ4n) is 1.55. The number of rotatable bonds is 7. The van der Waals surface area contributed by atoms with Crippen molar-refractivity contribution < 1.29 is 9.53 Å². The van der Waals surface area contributed by atoms with Gasteiger partial charge in [-0.05, 0) is 12.0 Å². The maximum atomic E-state index is 11.7. The van der Waals surface area contributed by atoms with Gasteiger partial charge in [0.1, 0.15) is 0 Å². The fourth-order valence-corrected chi connectivity index (χ4v) is 1.55. The summed E-state index contributed by atoms with van der Waals surface area (Å²) in [6.45, 7) is 10.4. The second-order valence-electron chi connectivity index (χ2n) is 5.13. The van der Waals surface area contributed by atoms with E-state index in [1.165, 1.54) is 0 Å². The molecular formula is C14H23NO2. The van der Waals surface area contributed by atoms with Crippen molar-refractivity contribution in [3.63, 3.8) is 0 Å². The molecule has 0 radical (unpaired) electrons. The summed E-state index contributed by atoms with van der Waals surface area (Å²) in [5.41, 5.74) is 0.795. The highest BCUT2D eigenvalue weighted by atomic mass is 16.5. The molecule has 1 aromatic rings. The first-order chi connectivity index (χ1) is 8.00. The molecule has 3 heteroatoms. The maximum absolute atomic E-state index is 11.7. The number of ketones is 1. The van der Waals surface area contributed by atoms with Crippen molar-refractivity contribution in [1.82, 2.24) is 4.57 Å². The highest BCUT2D eigenvalue weighted by Gasteiger charge is 2.11. The second-order valence-corrected chi connectivity index (χ2v) is 5.13. The molecule has 0 aromatic carbocycles. The molecule has 0 N–H and O–H groups in total. The smallest absolute Gasteiger partial charge is 0.166 e. The van der Waals surface area contributed by atoms with E-state index in [1.807, 2.05) is 36.9 Å². The number of nitrogens with zero attached hydrogens (tertiary/aromatic N) is 1. The molecule has 0 aliphatic heterocycles. The van der Waals surface area contributed by atoms with Crippen LogP contribution in [-0.2, 0) is 11.3 Å². The SMILES string of the molecule is CC(C)COCCn1ccc(C(=O)C(C)C)c1. The van der Waals surface area contributed by atoms with Gasteiger partial charge in [-0.2, -0.15) is 0 Å². The van der Waals surface area contributed by atoms with Gasteiger partial charge in [0.2, 0.25) is 0 Å². The topological polar surface area (TPSA) is 31.2 Å². The van der Waals surface area contributed by atoms with Gasteiger partial charge in [0.05, 0.1) is 6.61 Å². The number of hydrogen-bond acceptors (Lipinski definition) is 2. The van der Waals surface area contributed by atoms with Gasteiger partial charge in [-0.3, -0.25) is 4.79 Å². The zero-order valence-electron chi connectivity index (χ0n) is 11.3. The lowest BCUT2D eigenvalue weighted by Crippen LogP contribution is -2.09. The van der Waals surface area contributed by atoms with Gasteiger partial charge in [0.15, 0.2) is 5.78 Å².